The van der Waals surface area contributed by atoms with Gasteiger partial charge in [0.1, 0.15) is 6.61 Å². The summed E-state index contributed by atoms with van der Waals surface area (Å²) in [4.78, 5) is 24.2. The van der Waals surface area contributed by atoms with Crippen molar-refractivity contribution < 1.29 is 23.8 Å². The lowest BCUT2D eigenvalue weighted by molar-refractivity contribution is -0.124. The van der Waals surface area contributed by atoms with Crippen molar-refractivity contribution in [3.63, 3.8) is 0 Å². The van der Waals surface area contributed by atoms with Crippen LogP contribution < -0.4 is 14.8 Å². The molecular weight excluding hydrogens is 394 g/mol. The molecule has 0 aliphatic heterocycles. The molecule has 1 aliphatic carbocycles. The Balaban J connectivity index is 1.54. The van der Waals surface area contributed by atoms with Crippen molar-refractivity contribution in [2.75, 3.05) is 13.7 Å². The Bertz CT molecular complexity index is 847. The molecule has 0 radical (unpaired) electrons. The number of rotatable bonds is 8. The van der Waals surface area contributed by atoms with Gasteiger partial charge in [0.15, 0.2) is 18.1 Å². The van der Waals surface area contributed by atoms with Crippen LogP contribution in [-0.2, 0) is 16.1 Å². The molecule has 2 aromatic carbocycles. The van der Waals surface area contributed by atoms with E-state index in [0.29, 0.717) is 23.1 Å². The summed E-state index contributed by atoms with van der Waals surface area (Å²) in [7, 11) is 1.49. The molecule has 7 heteroatoms. The molecule has 0 heterocycles. The number of methoxy groups -OCH3 is 1. The first-order valence-corrected chi connectivity index (χ1v) is 9.94. The van der Waals surface area contributed by atoms with E-state index < -0.39 is 5.97 Å². The molecule has 2 aromatic rings. The van der Waals surface area contributed by atoms with Crippen LogP contribution in [0.2, 0.25) is 5.02 Å². The maximum absolute atomic E-state index is 12.3. The third-order valence-corrected chi connectivity index (χ3v) is 5.01. The first kappa shape index (κ1) is 21.0. The van der Waals surface area contributed by atoms with Gasteiger partial charge in [-0.2, -0.15) is 0 Å². The van der Waals surface area contributed by atoms with E-state index in [-0.39, 0.29) is 24.1 Å². The van der Waals surface area contributed by atoms with E-state index in [1.807, 2.05) is 12.1 Å². The van der Waals surface area contributed by atoms with Gasteiger partial charge in [0.25, 0.3) is 5.91 Å². The van der Waals surface area contributed by atoms with E-state index >= 15 is 0 Å². The number of carbonyl (C=O) groups excluding carboxylic acids is 2. The van der Waals surface area contributed by atoms with E-state index in [1.165, 1.54) is 13.2 Å². The molecule has 1 saturated carbocycles. The summed E-state index contributed by atoms with van der Waals surface area (Å²) < 4.78 is 16.2. The minimum Gasteiger partial charge on any atom is -0.493 e. The molecule has 1 fully saturated rings. The fraction of sp³-hybridized carbons (Fsp3) is 0.364. The van der Waals surface area contributed by atoms with Gasteiger partial charge in [0.2, 0.25) is 0 Å². The number of halogens is 1. The molecular formula is C22H24ClNO5. The molecule has 0 aromatic heterocycles. The van der Waals surface area contributed by atoms with E-state index in [2.05, 4.69) is 5.32 Å². The molecule has 6 nitrogen and oxygen atoms in total. The van der Waals surface area contributed by atoms with Crippen LogP contribution in [0.3, 0.4) is 0 Å². The predicted molar refractivity (Wildman–Crippen MR) is 109 cm³/mol. The van der Waals surface area contributed by atoms with E-state index in [9.17, 15) is 9.59 Å². The lowest BCUT2D eigenvalue weighted by Gasteiger charge is -2.13. The van der Waals surface area contributed by atoms with Crippen LogP contribution >= 0.6 is 11.6 Å². The van der Waals surface area contributed by atoms with E-state index in [1.54, 1.807) is 24.3 Å². The minimum atomic E-state index is -0.589. The van der Waals surface area contributed by atoms with Crippen LogP contribution in [0.5, 0.6) is 11.5 Å². The second kappa shape index (κ2) is 10.2. The Morgan fingerprint density at radius 2 is 1.79 bits per heavy atom. The first-order chi connectivity index (χ1) is 14.0. The highest BCUT2D eigenvalue weighted by atomic mass is 35.5. The number of amides is 1. The average molecular weight is 418 g/mol. The Morgan fingerprint density at radius 1 is 1.07 bits per heavy atom. The smallest absolute Gasteiger partial charge is 0.338 e. The summed E-state index contributed by atoms with van der Waals surface area (Å²) in [6.45, 7) is 0.0329. The summed E-state index contributed by atoms with van der Waals surface area (Å²) in [5, 5.41) is 3.54. The number of nitrogens with one attached hydrogen (secondary N) is 1. The van der Waals surface area contributed by atoms with Gasteiger partial charge in [0, 0.05) is 11.1 Å². The highest BCUT2D eigenvalue weighted by molar-refractivity contribution is 6.30. The Morgan fingerprint density at radius 3 is 2.48 bits per heavy atom. The molecule has 154 valence electrons. The van der Waals surface area contributed by atoms with Gasteiger partial charge in [-0.05, 0) is 48.7 Å². The van der Waals surface area contributed by atoms with Crippen LogP contribution in [0.25, 0.3) is 0 Å². The molecule has 1 amide bonds. The SMILES string of the molecule is COc1cc(C(=O)OCC(=O)NC2CCCC2)ccc1OCc1ccc(Cl)cc1. The zero-order valence-corrected chi connectivity index (χ0v) is 17.0. The van der Waals surface area contributed by atoms with Gasteiger partial charge in [-0.25, -0.2) is 4.79 Å². The standard InChI is InChI=1S/C22H24ClNO5/c1-27-20-12-16(22(26)29-14-21(25)24-18-4-2-3-5-18)8-11-19(20)28-13-15-6-9-17(23)10-7-15/h6-12,18H,2-5,13-14H2,1H3,(H,24,25). The number of benzene rings is 2. The second-order valence-electron chi connectivity index (χ2n) is 6.91. The highest BCUT2D eigenvalue weighted by Crippen LogP contribution is 2.29. The quantitative estimate of drug-likeness (QED) is 0.653. The predicted octanol–water partition coefficient (Wildman–Crippen LogP) is 4.14. The third kappa shape index (κ3) is 6.12. The Hall–Kier alpha value is -2.73. The summed E-state index contributed by atoms with van der Waals surface area (Å²) in [5.74, 6) is 0.0380. The monoisotopic (exact) mass is 417 g/mol. The van der Waals surface area contributed by atoms with Crippen LogP contribution in [-0.4, -0.2) is 31.6 Å². The fourth-order valence-corrected chi connectivity index (χ4v) is 3.34. The average Bonchev–Trinajstić information content (AvgIpc) is 3.24. The molecule has 3 rings (SSSR count). The van der Waals surface area contributed by atoms with Crippen molar-refractivity contribution in [1.29, 1.82) is 0 Å². The van der Waals surface area contributed by atoms with Crippen molar-refractivity contribution in [3.8, 4) is 11.5 Å². The second-order valence-corrected chi connectivity index (χ2v) is 7.34. The van der Waals surface area contributed by atoms with Crippen LogP contribution in [0.15, 0.2) is 42.5 Å². The topological polar surface area (TPSA) is 73.9 Å². The van der Waals surface area contributed by atoms with Crippen molar-refractivity contribution >= 4 is 23.5 Å². The summed E-state index contributed by atoms with van der Waals surface area (Å²) >= 11 is 5.88. The number of ether oxygens (including phenoxy) is 3. The molecule has 1 aliphatic rings. The molecule has 0 bridgehead atoms. The molecule has 0 atom stereocenters. The first-order valence-electron chi connectivity index (χ1n) is 9.57. The van der Waals surface area contributed by atoms with Crippen molar-refractivity contribution in [3.05, 3.63) is 58.6 Å². The normalized spacial score (nSPS) is 13.7. The van der Waals surface area contributed by atoms with E-state index in [0.717, 1.165) is 31.2 Å². The summed E-state index contributed by atoms with van der Waals surface area (Å²) in [6, 6.07) is 12.3. The minimum absolute atomic E-state index is 0.193. The maximum Gasteiger partial charge on any atom is 0.338 e. The molecule has 0 saturated heterocycles. The summed E-state index contributed by atoms with van der Waals surface area (Å²) in [6.07, 6.45) is 4.21. The lowest BCUT2D eigenvalue weighted by atomic mass is 10.2. The highest BCUT2D eigenvalue weighted by Gasteiger charge is 2.19. The van der Waals surface area contributed by atoms with Crippen LogP contribution in [0, 0.1) is 0 Å². The number of hydrogen-bond donors (Lipinski definition) is 1. The third-order valence-electron chi connectivity index (χ3n) is 4.76. The van der Waals surface area contributed by atoms with Gasteiger partial charge < -0.3 is 19.5 Å². The van der Waals surface area contributed by atoms with Gasteiger partial charge in [-0.3, -0.25) is 4.79 Å². The molecule has 29 heavy (non-hydrogen) atoms. The van der Waals surface area contributed by atoms with E-state index in [4.69, 9.17) is 25.8 Å². The van der Waals surface area contributed by atoms with Crippen molar-refractivity contribution in [1.82, 2.24) is 5.32 Å². The Labute approximate surface area is 175 Å². The number of hydrogen-bond acceptors (Lipinski definition) is 5. The zero-order valence-electron chi connectivity index (χ0n) is 16.3. The largest absolute Gasteiger partial charge is 0.493 e. The van der Waals surface area contributed by atoms with Gasteiger partial charge in [-0.1, -0.05) is 36.6 Å². The van der Waals surface area contributed by atoms with Crippen molar-refractivity contribution in [2.24, 2.45) is 0 Å². The number of carbonyl (C=O) groups is 2. The molecule has 0 spiro atoms. The molecule has 0 unspecified atom stereocenters. The van der Waals surface area contributed by atoms with Crippen LogP contribution in [0.1, 0.15) is 41.6 Å². The van der Waals surface area contributed by atoms with Crippen LogP contribution in [0.4, 0.5) is 0 Å². The Kier molecular flexibility index (Phi) is 7.36. The van der Waals surface area contributed by atoms with Gasteiger partial charge in [0.05, 0.1) is 12.7 Å². The van der Waals surface area contributed by atoms with Crippen molar-refractivity contribution in [2.45, 2.75) is 38.3 Å². The van der Waals surface area contributed by atoms with Gasteiger partial charge >= 0.3 is 5.97 Å². The summed E-state index contributed by atoms with van der Waals surface area (Å²) in [5.41, 5.74) is 1.24. The maximum atomic E-state index is 12.3. The fourth-order valence-electron chi connectivity index (χ4n) is 3.21. The number of esters is 1. The van der Waals surface area contributed by atoms with Gasteiger partial charge in [-0.15, -0.1) is 0 Å². The molecule has 1 N–H and O–H groups in total. The zero-order chi connectivity index (χ0) is 20.6. The lowest BCUT2D eigenvalue weighted by Crippen LogP contribution is -2.35.